The van der Waals surface area contributed by atoms with Crippen LogP contribution in [-0.2, 0) is 4.79 Å². The maximum Gasteiger partial charge on any atom is 0.224 e. The summed E-state index contributed by atoms with van der Waals surface area (Å²) in [4.78, 5) is 21.2. The number of nitrogens with zero attached hydrogens (tertiary/aromatic N) is 3. The predicted octanol–water partition coefficient (Wildman–Crippen LogP) is 1.88. The third kappa shape index (κ3) is 3.73. The summed E-state index contributed by atoms with van der Waals surface area (Å²) in [6, 6.07) is 4.01. The molecule has 0 bridgehead atoms. The van der Waals surface area contributed by atoms with Gasteiger partial charge < -0.3 is 15.1 Å². The third-order valence-corrected chi connectivity index (χ3v) is 4.34. The zero-order valence-corrected chi connectivity index (χ0v) is 12.9. The topological polar surface area (TPSA) is 48.5 Å². The van der Waals surface area contributed by atoms with Crippen molar-refractivity contribution in [3.63, 3.8) is 0 Å². The van der Waals surface area contributed by atoms with Gasteiger partial charge in [-0.05, 0) is 44.9 Å². The number of nitrogens with one attached hydrogen (secondary N) is 1. The highest BCUT2D eigenvalue weighted by Crippen LogP contribution is 2.32. The van der Waals surface area contributed by atoms with Gasteiger partial charge in [0.05, 0.1) is 11.4 Å². The van der Waals surface area contributed by atoms with Gasteiger partial charge in [-0.25, -0.2) is 4.98 Å². The minimum absolute atomic E-state index is 0.120. The summed E-state index contributed by atoms with van der Waals surface area (Å²) >= 11 is 0. The molecular weight excluding hydrogens is 264 g/mol. The fourth-order valence-electron chi connectivity index (χ4n) is 2.68. The van der Waals surface area contributed by atoms with Crippen molar-refractivity contribution in [1.82, 2.24) is 9.88 Å². The summed E-state index contributed by atoms with van der Waals surface area (Å²) in [5, 5.41) is 2.99. The van der Waals surface area contributed by atoms with Gasteiger partial charge in [-0.15, -0.1) is 0 Å². The Hall–Kier alpha value is -1.62. The van der Waals surface area contributed by atoms with Gasteiger partial charge in [0.2, 0.25) is 5.91 Å². The first-order chi connectivity index (χ1) is 10.1. The van der Waals surface area contributed by atoms with Crippen molar-refractivity contribution >= 4 is 17.4 Å². The smallest absolute Gasteiger partial charge is 0.224 e. The van der Waals surface area contributed by atoms with Gasteiger partial charge in [0.25, 0.3) is 0 Å². The monoisotopic (exact) mass is 288 g/mol. The van der Waals surface area contributed by atoms with Crippen LogP contribution >= 0.6 is 0 Å². The van der Waals surface area contributed by atoms with Crippen molar-refractivity contribution in [1.29, 1.82) is 0 Å². The molecule has 0 unspecified atom stereocenters. The Balaban J connectivity index is 1.63. The molecule has 1 saturated carbocycles. The Bertz CT molecular complexity index is 519. The Morgan fingerprint density at radius 1 is 1.29 bits per heavy atom. The lowest BCUT2D eigenvalue weighted by atomic mass is 10.2. The highest BCUT2D eigenvalue weighted by Gasteiger charge is 2.24. The van der Waals surface area contributed by atoms with Gasteiger partial charge in [-0.1, -0.05) is 0 Å². The van der Waals surface area contributed by atoms with Gasteiger partial charge in [0.15, 0.2) is 0 Å². The van der Waals surface area contributed by atoms with Gasteiger partial charge >= 0.3 is 0 Å². The van der Waals surface area contributed by atoms with Crippen molar-refractivity contribution in [2.45, 2.75) is 26.2 Å². The van der Waals surface area contributed by atoms with Crippen LogP contribution in [-0.4, -0.2) is 49.0 Å². The van der Waals surface area contributed by atoms with Gasteiger partial charge in [0.1, 0.15) is 5.82 Å². The molecule has 21 heavy (non-hydrogen) atoms. The van der Waals surface area contributed by atoms with E-state index in [0.29, 0.717) is 12.3 Å². The van der Waals surface area contributed by atoms with Gasteiger partial charge in [-0.3, -0.25) is 4.79 Å². The van der Waals surface area contributed by atoms with Crippen molar-refractivity contribution < 1.29 is 4.79 Å². The molecule has 3 rings (SSSR count). The van der Waals surface area contributed by atoms with E-state index in [9.17, 15) is 4.79 Å². The van der Waals surface area contributed by atoms with E-state index >= 15 is 0 Å². The molecule has 1 aliphatic heterocycles. The minimum atomic E-state index is 0.120. The molecule has 5 nitrogen and oxygen atoms in total. The molecule has 2 heterocycles. The van der Waals surface area contributed by atoms with Crippen molar-refractivity contribution in [3.05, 3.63) is 17.8 Å². The summed E-state index contributed by atoms with van der Waals surface area (Å²) in [5.41, 5.74) is 1.74. The predicted molar refractivity (Wildman–Crippen MR) is 84.7 cm³/mol. The molecule has 1 aliphatic carbocycles. The third-order valence-electron chi connectivity index (χ3n) is 4.34. The van der Waals surface area contributed by atoms with Crippen LogP contribution in [0.4, 0.5) is 11.5 Å². The highest BCUT2D eigenvalue weighted by molar-refractivity contribution is 5.91. The van der Waals surface area contributed by atoms with Crippen LogP contribution in [0.1, 0.15) is 25.0 Å². The number of amides is 1. The number of hydrogen-bond donors (Lipinski definition) is 1. The molecule has 114 valence electrons. The fourth-order valence-corrected chi connectivity index (χ4v) is 2.68. The second-order valence-electron chi connectivity index (χ2n) is 6.29. The van der Waals surface area contributed by atoms with Crippen molar-refractivity contribution in [2.75, 3.05) is 43.4 Å². The van der Waals surface area contributed by atoms with Crippen molar-refractivity contribution in [2.24, 2.45) is 5.92 Å². The number of piperazine rings is 1. The van der Waals surface area contributed by atoms with Crippen molar-refractivity contribution in [3.8, 4) is 0 Å². The molecule has 0 aromatic carbocycles. The normalized spacial score (nSPS) is 19.6. The standard InChI is InChI=1S/C16H24N4O/c1-12-14(18-16(21)11-13-3-4-13)5-6-15(17-12)20-9-7-19(2)8-10-20/h5-6,13H,3-4,7-11H2,1-2H3,(H,18,21). The maximum absolute atomic E-state index is 11.9. The number of aromatic nitrogens is 1. The first-order valence-electron chi connectivity index (χ1n) is 7.83. The largest absolute Gasteiger partial charge is 0.354 e. The lowest BCUT2D eigenvalue weighted by Crippen LogP contribution is -2.44. The molecular formula is C16H24N4O. The first-order valence-corrected chi connectivity index (χ1v) is 7.83. The fraction of sp³-hybridized carbons (Fsp3) is 0.625. The van der Waals surface area contributed by atoms with Crippen LogP contribution in [0, 0.1) is 12.8 Å². The molecule has 2 aliphatic rings. The number of likely N-dealkylation sites (N-methyl/N-ethyl adjacent to an activating group) is 1. The van der Waals surface area contributed by atoms with E-state index < -0.39 is 0 Å². The van der Waals surface area contributed by atoms with E-state index in [0.717, 1.165) is 43.4 Å². The number of anilines is 2. The highest BCUT2D eigenvalue weighted by atomic mass is 16.1. The quantitative estimate of drug-likeness (QED) is 0.919. The lowest BCUT2D eigenvalue weighted by molar-refractivity contribution is -0.116. The minimum Gasteiger partial charge on any atom is -0.354 e. The Morgan fingerprint density at radius 2 is 2.00 bits per heavy atom. The molecule has 0 atom stereocenters. The average Bonchev–Trinajstić information content (AvgIpc) is 3.26. The molecule has 1 aromatic rings. The van der Waals surface area contributed by atoms with E-state index in [1.54, 1.807) is 0 Å². The van der Waals surface area contributed by atoms with Crippen LogP contribution in [0.5, 0.6) is 0 Å². The summed E-state index contributed by atoms with van der Waals surface area (Å²) in [5.74, 6) is 1.75. The van der Waals surface area contributed by atoms with E-state index in [2.05, 4.69) is 27.1 Å². The second-order valence-corrected chi connectivity index (χ2v) is 6.29. The SMILES string of the molecule is Cc1nc(N2CCN(C)CC2)ccc1NC(=O)CC1CC1. The van der Waals surface area contributed by atoms with Crippen LogP contribution in [0.2, 0.25) is 0 Å². The summed E-state index contributed by atoms with van der Waals surface area (Å²) < 4.78 is 0. The molecule has 1 amide bonds. The lowest BCUT2D eigenvalue weighted by Gasteiger charge is -2.33. The first kappa shape index (κ1) is 14.3. The zero-order valence-electron chi connectivity index (χ0n) is 12.9. The number of carbonyl (C=O) groups is 1. The number of carbonyl (C=O) groups excluding carboxylic acids is 1. The van der Waals surface area contributed by atoms with E-state index in [4.69, 9.17) is 0 Å². The van der Waals surface area contributed by atoms with E-state index in [1.165, 1.54) is 12.8 Å². The number of rotatable bonds is 4. The van der Waals surface area contributed by atoms with Crippen LogP contribution in [0.25, 0.3) is 0 Å². The summed E-state index contributed by atoms with van der Waals surface area (Å²) in [6.45, 7) is 6.13. The summed E-state index contributed by atoms with van der Waals surface area (Å²) in [6.07, 6.45) is 3.06. The number of hydrogen-bond acceptors (Lipinski definition) is 4. The summed E-state index contributed by atoms with van der Waals surface area (Å²) in [7, 11) is 2.15. The second kappa shape index (κ2) is 6.02. The Morgan fingerprint density at radius 3 is 2.62 bits per heavy atom. The maximum atomic E-state index is 11.9. The molecule has 0 spiro atoms. The van der Waals surface area contributed by atoms with Gasteiger partial charge in [-0.2, -0.15) is 0 Å². The molecule has 1 aromatic heterocycles. The molecule has 5 heteroatoms. The van der Waals surface area contributed by atoms with Crippen LogP contribution in [0.3, 0.4) is 0 Å². The zero-order chi connectivity index (χ0) is 14.8. The number of aryl methyl sites for hydroxylation is 1. The molecule has 1 saturated heterocycles. The van der Waals surface area contributed by atoms with E-state index in [1.807, 2.05) is 19.1 Å². The van der Waals surface area contributed by atoms with Gasteiger partial charge in [0, 0.05) is 32.6 Å². The van der Waals surface area contributed by atoms with Crippen LogP contribution < -0.4 is 10.2 Å². The van der Waals surface area contributed by atoms with Crippen LogP contribution in [0.15, 0.2) is 12.1 Å². The molecule has 2 fully saturated rings. The number of pyridine rings is 1. The van der Waals surface area contributed by atoms with E-state index in [-0.39, 0.29) is 5.91 Å². The Labute approximate surface area is 126 Å². The Kier molecular flexibility index (Phi) is 4.10. The molecule has 0 radical (unpaired) electrons. The average molecular weight is 288 g/mol. The molecule has 1 N–H and O–H groups in total.